The van der Waals surface area contributed by atoms with Gasteiger partial charge in [-0.3, -0.25) is 4.79 Å². The molecule has 0 saturated carbocycles. The first kappa shape index (κ1) is 22.8. The van der Waals surface area contributed by atoms with Gasteiger partial charge in [-0.25, -0.2) is 18.7 Å². The summed E-state index contributed by atoms with van der Waals surface area (Å²) in [5.74, 6) is -0.208. The molecular formula is C26H27F2N3O2. The van der Waals surface area contributed by atoms with Gasteiger partial charge in [-0.2, -0.15) is 0 Å². The first-order valence-electron chi connectivity index (χ1n) is 11.3. The Hall–Kier alpha value is -3.35. The Morgan fingerprint density at radius 1 is 0.939 bits per heavy atom. The van der Waals surface area contributed by atoms with Crippen LogP contribution in [0, 0.1) is 17.6 Å². The van der Waals surface area contributed by atoms with Crippen LogP contribution in [0.1, 0.15) is 42.7 Å². The van der Waals surface area contributed by atoms with Crippen LogP contribution in [-0.4, -0.2) is 35.6 Å². The summed E-state index contributed by atoms with van der Waals surface area (Å²) in [6.07, 6.45) is 6.22. The molecule has 172 valence electrons. The zero-order chi connectivity index (χ0) is 23.0. The van der Waals surface area contributed by atoms with Crippen molar-refractivity contribution in [2.75, 3.05) is 24.6 Å². The summed E-state index contributed by atoms with van der Waals surface area (Å²) in [5.41, 5.74) is 1.90. The minimum atomic E-state index is -0.296. The van der Waals surface area contributed by atoms with Crippen LogP contribution >= 0.6 is 0 Å². The summed E-state index contributed by atoms with van der Waals surface area (Å²) >= 11 is 0. The Balaban J connectivity index is 1.27. The molecule has 0 amide bonds. The summed E-state index contributed by atoms with van der Waals surface area (Å²) < 4.78 is 32.3. The van der Waals surface area contributed by atoms with Gasteiger partial charge in [0.05, 0.1) is 12.5 Å². The average molecular weight is 452 g/mol. The maximum Gasteiger partial charge on any atom is 0.309 e. The highest BCUT2D eigenvalue weighted by Gasteiger charge is 2.27. The van der Waals surface area contributed by atoms with E-state index in [-0.39, 0.29) is 29.4 Å². The number of esters is 1. The highest BCUT2D eigenvalue weighted by atomic mass is 19.1. The van der Waals surface area contributed by atoms with E-state index in [2.05, 4.69) is 14.9 Å². The van der Waals surface area contributed by atoms with E-state index in [4.69, 9.17) is 4.74 Å². The van der Waals surface area contributed by atoms with Crippen molar-refractivity contribution in [3.05, 3.63) is 89.8 Å². The molecule has 0 bridgehead atoms. The molecule has 0 spiro atoms. The number of rotatable bonds is 8. The molecule has 1 fully saturated rings. The van der Waals surface area contributed by atoms with Crippen LogP contribution in [-0.2, 0) is 9.53 Å². The second-order valence-corrected chi connectivity index (χ2v) is 8.28. The van der Waals surface area contributed by atoms with Crippen LogP contribution in [0.15, 0.2) is 67.0 Å². The first-order chi connectivity index (χ1) is 16.1. The first-order valence-corrected chi connectivity index (χ1v) is 11.3. The van der Waals surface area contributed by atoms with E-state index in [0.29, 0.717) is 38.2 Å². The number of aromatic nitrogens is 2. The van der Waals surface area contributed by atoms with E-state index in [9.17, 15) is 13.6 Å². The fraction of sp³-hybridized carbons (Fsp3) is 0.346. The van der Waals surface area contributed by atoms with Crippen molar-refractivity contribution >= 4 is 11.9 Å². The smallest absolute Gasteiger partial charge is 0.309 e. The zero-order valence-corrected chi connectivity index (χ0v) is 18.4. The molecule has 0 N–H and O–H groups in total. The largest absolute Gasteiger partial charge is 0.465 e. The highest BCUT2D eigenvalue weighted by Crippen LogP contribution is 2.30. The lowest BCUT2D eigenvalue weighted by atomic mass is 9.87. The molecule has 0 radical (unpaired) electrons. The third kappa shape index (κ3) is 6.12. The van der Waals surface area contributed by atoms with E-state index >= 15 is 0 Å². The standard InChI is InChI=1S/C26H27F2N3O2/c27-22-8-4-19(5-9-22)24(20-6-10-23(28)11-7-20)3-1-18-33-25(32)21-12-16-31(17-13-21)26-29-14-2-15-30-26/h2,4-11,14-15,21,24H,1,3,12-13,16-18H2. The van der Waals surface area contributed by atoms with Crippen molar-refractivity contribution < 1.29 is 18.3 Å². The van der Waals surface area contributed by atoms with Gasteiger partial charge in [-0.05, 0) is 67.1 Å². The number of halogens is 2. The summed E-state index contributed by atoms with van der Waals surface area (Å²) in [6, 6.07) is 14.5. The van der Waals surface area contributed by atoms with Gasteiger partial charge in [-0.1, -0.05) is 24.3 Å². The van der Waals surface area contributed by atoms with Crippen molar-refractivity contribution in [3.8, 4) is 0 Å². The van der Waals surface area contributed by atoms with Gasteiger partial charge >= 0.3 is 5.97 Å². The molecule has 1 aliphatic heterocycles. The Morgan fingerprint density at radius 2 is 1.48 bits per heavy atom. The number of hydrogen-bond acceptors (Lipinski definition) is 5. The topological polar surface area (TPSA) is 55.3 Å². The van der Waals surface area contributed by atoms with Gasteiger partial charge < -0.3 is 9.64 Å². The Morgan fingerprint density at radius 3 is 2.03 bits per heavy atom. The summed E-state index contributed by atoms with van der Waals surface area (Å²) in [6.45, 7) is 1.77. The second-order valence-electron chi connectivity index (χ2n) is 8.28. The Labute approximate surface area is 192 Å². The third-order valence-corrected chi connectivity index (χ3v) is 6.09. The number of piperidine rings is 1. The number of carbonyl (C=O) groups is 1. The summed E-state index contributed by atoms with van der Waals surface area (Å²) in [5, 5.41) is 0. The maximum atomic E-state index is 13.4. The molecular weight excluding hydrogens is 424 g/mol. The monoisotopic (exact) mass is 451 g/mol. The number of hydrogen-bond donors (Lipinski definition) is 0. The number of nitrogens with zero attached hydrogens (tertiary/aromatic N) is 3. The van der Waals surface area contributed by atoms with Crippen molar-refractivity contribution in [2.24, 2.45) is 5.92 Å². The third-order valence-electron chi connectivity index (χ3n) is 6.09. The predicted molar refractivity (Wildman–Crippen MR) is 122 cm³/mol. The van der Waals surface area contributed by atoms with Crippen LogP contribution in [0.5, 0.6) is 0 Å². The van der Waals surface area contributed by atoms with Crippen molar-refractivity contribution in [3.63, 3.8) is 0 Å². The molecule has 4 rings (SSSR count). The molecule has 33 heavy (non-hydrogen) atoms. The number of carbonyl (C=O) groups excluding carboxylic acids is 1. The van der Waals surface area contributed by atoms with Crippen molar-refractivity contribution in [1.82, 2.24) is 9.97 Å². The molecule has 0 unspecified atom stereocenters. The van der Waals surface area contributed by atoms with Crippen LogP contribution in [0.2, 0.25) is 0 Å². The maximum absolute atomic E-state index is 13.4. The fourth-order valence-electron chi connectivity index (χ4n) is 4.26. The van der Waals surface area contributed by atoms with Crippen LogP contribution in [0.3, 0.4) is 0 Å². The predicted octanol–water partition coefficient (Wildman–Crippen LogP) is 5.13. The molecule has 5 nitrogen and oxygen atoms in total. The van der Waals surface area contributed by atoms with E-state index in [1.54, 1.807) is 42.7 Å². The summed E-state index contributed by atoms with van der Waals surface area (Å²) in [4.78, 5) is 23.2. The molecule has 1 saturated heterocycles. The SMILES string of the molecule is O=C(OCCCC(c1ccc(F)cc1)c1ccc(F)cc1)C1CCN(c2ncccn2)CC1. The van der Waals surface area contributed by atoms with E-state index in [1.807, 2.05) is 0 Å². The molecule has 0 atom stereocenters. The minimum absolute atomic E-state index is 0.0287. The van der Waals surface area contributed by atoms with Gasteiger partial charge in [-0.15, -0.1) is 0 Å². The second kappa shape index (κ2) is 11.0. The lowest BCUT2D eigenvalue weighted by Gasteiger charge is -2.30. The molecule has 2 heterocycles. The van der Waals surface area contributed by atoms with E-state index < -0.39 is 0 Å². The molecule has 0 aliphatic carbocycles. The van der Waals surface area contributed by atoms with Gasteiger partial charge in [0.15, 0.2) is 0 Å². The molecule has 1 aliphatic rings. The van der Waals surface area contributed by atoms with E-state index in [0.717, 1.165) is 24.2 Å². The molecule has 2 aromatic carbocycles. The Kier molecular flexibility index (Phi) is 7.60. The minimum Gasteiger partial charge on any atom is -0.465 e. The van der Waals surface area contributed by atoms with E-state index in [1.165, 1.54) is 24.3 Å². The molecule has 7 heteroatoms. The van der Waals surface area contributed by atoms with Crippen molar-refractivity contribution in [1.29, 1.82) is 0 Å². The quantitative estimate of drug-likeness (QED) is 0.351. The van der Waals surface area contributed by atoms with Gasteiger partial charge in [0.2, 0.25) is 5.95 Å². The lowest BCUT2D eigenvalue weighted by Crippen LogP contribution is -2.37. The van der Waals surface area contributed by atoms with Gasteiger partial charge in [0, 0.05) is 31.4 Å². The van der Waals surface area contributed by atoms with Gasteiger partial charge in [0.25, 0.3) is 0 Å². The molecule has 1 aromatic heterocycles. The summed E-state index contributed by atoms with van der Waals surface area (Å²) in [7, 11) is 0. The lowest BCUT2D eigenvalue weighted by molar-refractivity contribution is -0.149. The van der Waals surface area contributed by atoms with Crippen LogP contribution < -0.4 is 4.90 Å². The molecule has 3 aromatic rings. The van der Waals surface area contributed by atoms with Crippen LogP contribution in [0.4, 0.5) is 14.7 Å². The number of anilines is 1. The van der Waals surface area contributed by atoms with Gasteiger partial charge in [0.1, 0.15) is 11.6 Å². The zero-order valence-electron chi connectivity index (χ0n) is 18.4. The fourth-order valence-corrected chi connectivity index (χ4v) is 4.26. The van der Waals surface area contributed by atoms with Crippen LogP contribution in [0.25, 0.3) is 0 Å². The average Bonchev–Trinajstić information content (AvgIpc) is 2.86. The number of ether oxygens (including phenoxy) is 1. The van der Waals surface area contributed by atoms with Crippen molar-refractivity contribution in [2.45, 2.75) is 31.6 Å². The highest BCUT2D eigenvalue weighted by molar-refractivity contribution is 5.72. The Bertz CT molecular complexity index is 976. The number of benzene rings is 2. The normalized spacial score (nSPS) is 14.5.